The van der Waals surface area contributed by atoms with E-state index in [-0.39, 0.29) is 6.10 Å². The van der Waals surface area contributed by atoms with E-state index in [9.17, 15) is 0 Å². The highest BCUT2D eigenvalue weighted by molar-refractivity contribution is 5.43. The SMILES string of the molecule is CCCNCc1cc(CC)nc(N2CCCOC(C)C2)c1. The molecule has 0 radical (unpaired) electrons. The van der Waals surface area contributed by atoms with Gasteiger partial charge in [0, 0.05) is 31.9 Å². The van der Waals surface area contributed by atoms with Crippen LogP contribution in [0.1, 0.15) is 44.9 Å². The fraction of sp³-hybridized carbons (Fsp3) is 0.706. The molecule has 4 heteroatoms. The number of pyridine rings is 1. The molecule has 1 fully saturated rings. The van der Waals surface area contributed by atoms with Gasteiger partial charge in [0.05, 0.1) is 6.10 Å². The number of aromatic nitrogens is 1. The first-order valence-electron chi connectivity index (χ1n) is 8.30. The number of anilines is 1. The second-order valence-electron chi connectivity index (χ2n) is 5.84. The largest absolute Gasteiger partial charge is 0.377 e. The Labute approximate surface area is 128 Å². The molecule has 0 aliphatic carbocycles. The van der Waals surface area contributed by atoms with E-state index in [1.54, 1.807) is 0 Å². The molecule has 21 heavy (non-hydrogen) atoms. The van der Waals surface area contributed by atoms with Crippen LogP contribution >= 0.6 is 0 Å². The van der Waals surface area contributed by atoms with Crippen LogP contribution in [0.2, 0.25) is 0 Å². The van der Waals surface area contributed by atoms with E-state index in [1.807, 2.05) is 0 Å². The molecule has 1 unspecified atom stereocenters. The number of hydrogen-bond acceptors (Lipinski definition) is 4. The van der Waals surface area contributed by atoms with Crippen molar-refractivity contribution in [1.29, 1.82) is 0 Å². The molecule has 2 heterocycles. The van der Waals surface area contributed by atoms with Crippen LogP contribution in [0.5, 0.6) is 0 Å². The third-order valence-electron chi connectivity index (χ3n) is 3.82. The molecule has 0 saturated carbocycles. The maximum Gasteiger partial charge on any atom is 0.129 e. The van der Waals surface area contributed by atoms with Crippen LogP contribution in [-0.4, -0.2) is 37.3 Å². The maximum atomic E-state index is 5.74. The minimum atomic E-state index is 0.279. The fourth-order valence-electron chi connectivity index (χ4n) is 2.69. The van der Waals surface area contributed by atoms with Gasteiger partial charge in [0.25, 0.3) is 0 Å². The number of rotatable bonds is 6. The van der Waals surface area contributed by atoms with Crippen molar-refractivity contribution < 1.29 is 4.74 Å². The summed E-state index contributed by atoms with van der Waals surface area (Å²) >= 11 is 0. The van der Waals surface area contributed by atoms with Gasteiger partial charge in [-0.3, -0.25) is 0 Å². The molecule has 118 valence electrons. The maximum absolute atomic E-state index is 5.74. The van der Waals surface area contributed by atoms with Crippen LogP contribution in [0.25, 0.3) is 0 Å². The van der Waals surface area contributed by atoms with Crippen LogP contribution in [0.4, 0.5) is 5.82 Å². The fourth-order valence-corrected chi connectivity index (χ4v) is 2.69. The summed E-state index contributed by atoms with van der Waals surface area (Å²) in [6.07, 6.45) is 3.50. The smallest absolute Gasteiger partial charge is 0.129 e. The lowest BCUT2D eigenvalue weighted by atomic mass is 10.1. The number of aryl methyl sites for hydroxylation is 1. The molecule has 0 aromatic carbocycles. The van der Waals surface area contributed by atoms with Gasteiger partial charge in [0.1, 0.15) is 5.82 Å². The van der Waals surface area contributed by atoms with E-state index in [0.29, 0.717) is 0 Å². The minimum absolute atomic E-state index is 0.279. The van der Waals surface area contributed by atoms with Gasteiger partial charge in [-0.15, -0.1) is 0 Å². The summed E-state index contributed by atoms with van der Waals surface area (Å²) in [5.41, 5.74) is 2.52. The molecule has 2 rings (SSSR count). The number of nitrogens with one attached hydrogen (secondary N) is 1. The van der Waals surface area contributed by atoms with Crippen molar-refractivity contribution in [3.63, 3.8) is 0 Å². The lowest BCUT2D eigenvalue weighted by Gasteiger charge is -2.24. The zero-order chi connectivity index (χ0) is 15.1. The summed E-state index contributed by atoms with van der Waals surface area (Å²) in [7, 11) is 0. The summed E-state index contributed by atoms with van der Waals surface area (Å²) in [4.78, 5) is 7.20. The monoisotopic (exact) mass is 291 g/mol. The molecule has 1 atom stereocenters. The second kappa shape index (κ2) is 8.35. The van der Waals surface area contributed by atoms with Crippen LogP contribution in [-0.2, 0) is 17.7 Å². The molecule has 1 N–H and O–H groups in total. The van der Waals surface area contributed by atoms with Gasteiger partial charge in [0.15, 0.2) is 0 Å². The quantitative estimate of drug-likeness (QED) is 0.818. The predicted molar refractivity (Wildman–Crippen MR) is 87.9 cm³/mol. The lowest BCUT2D eigenvalue weighted by Crippen LogP contribution is -2.31. The van der Waals surface area contributed by atoms with Gasteiger partial charge in [-0.25, -0.2) is 4.98 Å². The van der Waals surface area contributed by atoms with Gasteiger partial charge < -0.3 is 15.0 Å². The average Bonchev–Trinajstić information content (AvgIpc) is 2.72. The Morgan fingerprint density at radius 3 is 3.00 bits per heavy atom. The Morgan fingerprint density at radius 1 is 1.38 bits per heavy atom. The zero-order valence-electron chi connectivity index (χ0n) is 13.7. The standard InChI is InChI=1S/C17H29N3O/c1-4-7-18-12-15-10-16(5-2)19-17(11-15)20-8-6-9-21-14(3)13-20/h10-11,14,18H,4-9,12-13H2,1-3H3. The first kappa shape index (κ1) is 16.2. The number of nitrogens with zero attached hydrogens (tertiary/aromatic N) is 2. The highest BCUT2D eigenvalue weighted by Crippen LogP contribution is 2.19. The molecular weight excluding hydrogens is 262 g/mol. The number of hydrogen-bond donors (Lipinski definition) is 1. The third-order valence-corrected chi connectivity index (χ3v) is 3.82. The molecule has 0 bridgehead atoms. The van der Waals surface area contributed by atoms with E-state index in [4.69, 9.17) is 9.72 Å². The van der Waals surface area contributed by atoms with Crippen LogP contribution in [0, 0.1) is 0 Å². The van der Waals surface area contributed by atoms with Crippen LogP contribution in [0.15, 0.2) is 12.1 Å². The molecule has 1 aromatic rings. The first-order chi connectivity index (χ1) is 10.2. The van der Waals surface area contributed by atoms with Crippen molar-refractivity contribution in [1.82, 2.24) is 10.3 Å². The van der Waals surface area contributed by atoms with Gasteiger partial charge in [-0.1, -0.05) is 13.8 Å². The molecule has 1 saturated heterocycles. The van der Waals surface area contributed by atoms with Crippen molar-refractivity contribution in [2.45, 2.75) is 52.7 Å². The zero-order valence-corrected chi connectivity index (χ0v) is 13.7. The number of ether oxygens (including phenoxy) is 1. The minimum Gasteiger partial charge on any atom is -0.377 e. The van der Waals surface area contributed by atoms with Gasteiger partial charge in [0.2, 0.25) is 0 Å². The topological polar surface area (TPSA) is 37.4 Å². The van der Waals surface area contributed by atoms with Gasteiger partial charge in [-0.05, 0) is 50.4 Å². The van der Waals surface area contributed by atoms with Crippen molar-refractivity contribution in [3.8, 4) is 0 Å². The van der Waals surface area contributed by atoms with Gasteiger partial charge >= 0.3 is 0 Å². The van der Waals surface area contributed by atoms with E-state index in [2.05, 4.69) is 43.1 Å². The second-order valence-corrected chi connectivity index (χ2v) is 5.84. The van der Waals surface area contributed by atoms with Crippen molar-refractivity contribution in [3.05, 3.63) is 23.4 Å². The summed E-state index contributed by atoms with van der Waals surface area (Å²) < 4.78 is 5.74. The molecule has 1 aromatic heterocycles. The molecule has 0 amide bonds. The summed E-state index contributed by atoms with van der Waals surface area (Å²) in [5, 5.41) is 3.48. The summed E-state index contributed by atoms with van der Waals surface area (Å²) in [6, 6.07) is 4.46. The third kappa shape index (κ3) is 4.97. The first-order valence-corrected chi connectivity index (χ1v) is 8.30. The highest BCUT2D eigenvalue weighted by Gasteiger charge is 2.17. The van der Waals surface area contributed by atoms with E-state index >= 15 is 0 Å². The summed E-state index contributed by atoms with van der Waals surface area (Å²) in [6.45, 7) is 11.3. The average molecular weight is 291 g/mol. The Morgan fingerprint density at radius 2 is 2.24 bits per heavy atom. The van der Waals surface area contributed by atoms with E-state index in [1.165, 1.54) is 17.7 Å². The molecule has 4 nitrogen and oxygen atoms in total. The molecule has 0 spiro atoms. The predicted octanol–water partition coefficient (Wildman–Crippen LogP) is 2.76. The molecular formula is C17H29N3O. The Hall–Kier alpha value is -1.13. The van der Waals surface area contributed by atoms with Crippen molar-refractivity contribution in [2.24, 2.45) is 0 Å². The Kier molecular flexibility index (Phi) is 6.46. The normalized spacial score (nSPS) is 19.6. The van der Waals surface area contributed by atoms with Crippen molar-refractivity contribution >= 4 is 5.82 Å². The highest BCUT2D eigenvalue weighted by atomic mass is 16.5. The van der Waals surface area contributed by atoms with Crippen LogP contribution in [0.3, 0.4) is 0 Å². The molecule has 1 aliphatic heterocycles. The van der Waals surface area contributed by atoms with E-state index in [0.717, 1.165) is 51.4 Å². The Balaban J connectivity index is 2.14. The van der Waals surface area contributed by atoms with Crippen molar-refractivity contribution in [2.75, 3.05) is 31.1 Å². The lowest BCUT2D eigenvalue weighted by molar-refractivity contribution is 0.0820. The Bertz CT molecular complexity index is 436. The van der Waals surface area contributed by atoms with E-state index < -0.39 is 0 Å². The van der Waals surface area contributed by atoms with Gasteiger partial charge in [-0.2, -0.15) is 0 Å². The van der Waals surface area contributed by atoms with Crippen LogP contribution < -0.4 is 10.2 Å². The molecule has 1 aliphatic rings. The summed E-state index contributed by atoms with van der Waals surface area (Å²) in [5.74, 6) is 1.11.